The van der Waals surface area contributed by atoms with Gasteiger partial charge in [0.05, 0.1) is 14.2 Å². The predicted molar refractivity (Wildman–Crippen MR) is 82.9 cm³/mol. The van der Waals surface area contributed by atoms with Crippen molar-refractivity contribution in [2.75, 3.05) is 25.8 Å². The summed E-state index contributed by atoms with van der Waals surface area (Å²) in [6, 6.07) is 6.32. The number of amides is 2. The Kier molecular flexibility index (Phi) is 5.20. The minimum Gasteiger partial charge on any atom is -0.497 e. The summed E-state index contributed by atoms with van der Waals surface area (Å²) in [5.41, 5.74) is 0.597. The van der Waals surface area contributed by atoms with Crippen molar-refractivity contribution in [3.05, 3.63) is 24.3 Å². The molecule has 1 aliphatic rings. The Hall–Kier alpha value is -2.57. The van der Waals surface area contributed by atoms with E-state index in [1.807, 2.05) is 0 Å². The highest BCUT2D eigenvalue weighted by molar-refractivity contribution is 5.93. The summed E-state index contributed by atoms with van der Waals surface area (Å²) in [7, 11) is 2.82. The summed E-state index contributed by atoms with van der Waals surface area (Å²) in [5.74, 6) is -0.271. The number of rotatable bonds is 5. The first-order valence-corrected chi connectivity index (χ1v) is 7.27. The van der Waals surface area contributed by atoms with Crippen LogP contribution in [0.2, 0.25) is 0 Å². The molecule has 1 heterocycles. The van der Waals surface area contributed by atoms with Gasteiger partial charge in [0.1, 0.15) is 18.5 Å². The Balaban J connectivity index is 2.26. The highest BCUT2D eigenvalue weighted by Gasteiger charge is 2.38. The van der Waals surface area contributed by atoms with Gasteiger partial charge in [0.15, 0.2) is 0 Å². The van der Waals surface area contributed by atoms with Crippen molar-refractivity contribution in [3.8, 4) is 5.75 Å². The molecule has 7 heteroatoms. The van der Waals surface area contributed by atoms with Crippen LogP contribution in [0.3, 0.4) is 0 Å². The zero-order chi connectivity index (χ0) is 17.0. The summed E-state index contributed by atoms with van der Waals surface area (Å²) >= 11 is 0. The van der Waals surface area contributed by atoms with Crippen molar-refractivity contribution in [2.24, 2.45) is 0 Å². The SMILES string of the molecule is COC(=O)C1CCC(=O)N1CN(C(C)=O)c1cccc(OC)c1. The molecule has 124 valence electrons. The second-order valence-corrected chi connectivity index (χ2v) is 5.23. The Morgan fingerprint density at radius 3 is 2.70 bits per heavy atom. The molecule has 0 saturated carbocycles. The Labute approximate surface area is 134 Å². The van der Waals surface area contributed by atoms with Crippen LogP contribution in [-0.4, -0.2) is 49.6 Å². The Morgan fingerprint density at radius 1 is 1.35 bits per heavy atom. The van der Waals surface area contributed by atoms with E-state index in [0.717, 1.165) is 0 Å². The predicted octanol–water partition coefficient (Wildman–Crippen LogP) is 1.17. The Morgan fingerprint density at radius 2 is 2.09 bits per heavy atom. The number of esters is 1. The summed E-state index contributed by atoms with van der Waals surface area (Å²) in [5, 5.41) is 0. The second kappa shape index (κ2) is 7.13. The summed E-state index contributed by atoms with van der Waals surface area (Å²) in [6.45, 7) is 1.41. The monoisotopic (exact) mass is 320 g/mol. The lowest BCUT2D eigenvalue weighted by Crippen LogP contribution is -2.47. The standard InChI is InChI=1S/C16H20N2O5/c1-11(19)17(12-5-4-6-13(9-12)22-2)10-18-14(16(21)23-3)7-8-15(18)20/h4-6,9,14H,7-8,10H2,1-3H3. The first kappa shape index (κ1) is 16.8. The average Bonchev–Trinajstić information content (AvgIpc) is 2.92. The number of hydrogen-bond donors (Lipinski definition) is 0. The highest BCUT2D eigenvalue weighted by atomic mass is 16.5. The van der Waals surface area contributed by atoms with E-state index in [0.29, 0.717) is 17.9 Å². The zero-order valence-corrected chi connectivity index (χ0v) is 13.4. The molecule has 0 aliphatic carbocycles. The first-order chi connectivity index (χ1) is 11.0. The van der Waals surface area contributed by atoms with Crippen LogP contribution in [-0.2, 0) is 19.1 Å². The van der Waals surface area contributed by atoms with Crippen molar-refractivity contribution in [1.29, 1.82) is 0 Å². The van der Waals surface area contributed by atoms with E-state index in [1.165, 1.54) is 30.9 Å². The number of methoxy groups -OCH3 is 2. The molecule has 1 saturated heterocycles. The molecule has 0 spiro atoms. The lowest BCUT2D eigenvalue weighted by atomic mass is 10.2. The van der Waals surface area contributed by atoms with E-state index in [9.17, 15) is 14.4 Å². The van der Waals surface area contributed by atoms with E-state index in [1.54, 1.807) is 24.3 Å². The third-order valence-corrected chi connectivity index (χ3v) is 3.84. The minimum atomic E-state index is -0.653. The van der Waals surface area contributed by atoms with Gasteiger partial charge in [-0.2, -0.15) is 0 Å². The van der Waals surface area contributed by atoms with Gasteiger partial charge in [0.25, 0.3) is 0 Å². The van der Waals surface area contributed by atoms with Gasteiger partial charge >= 0.3 is 5.97 Å². The maximum absolute atomic E-state index is 12.1. The number of carbonyl (C=O) groups is 3. The molecule has 1 aromatic carbocycles. The van der Waals surface area contributed by atoms with Gasteiger partial charge in [-0.25, -0.2) is 4.79 Å². The number of likely N-dealkylation sites (tertiary alicyclic amines) is 1. The maximum Gasteiger partial charge on any atom is 0.328 e. The van der Waals surface area contributed by atoms with Crippen LogP contribution in [0.4, 0.5) is 5.69 Å². The van der Waals surface area contributed by atoms with Gasteiger partial charge < -0.3 is 14.4 Å². The van der Waals surface area contributed by atoms with E-state index in [4.69, 9.17) is 9.47 Å². The average molecular weight is 320 g/mol. The van der Waals surface area contributed by atoms with Crippen LogP contribution in [0.5, 0.6) is 5.75 Å². The molecule has 1 aliphatic heterocycles. The molecule has 2 rings (SSSR count). The van der Waals surface area contributed by atoms with Crippen LogP contribution in [0.1, 0.15) is 19.8 Å². The normalized spacial score (nSPS) is 17.1. The van der Waals surface area contributed by atoms with Crippen molar-refractivity contribution in [3.63, 3.8) is 0 Å². The lowest BCUT2D eigenvalue weighted by molar-refractivity contribution is -0.149. The molecular formula is C16H20N2O5. The second-order valence-electron chi connectivity index (χ2n) is 5.23. The van der Waals surface area contributed by atoms with Crippen LogP contribution in [0, 0.1) is 0 Å². The third kappa shape index (κ3) is 3.61. The minimum absolute atomic E-state index is 0.00109. The summed E-state index contributed by atoms with van der Waals surface area (Å²) in [4.78, 5) is 38.7. The van der Waals surface area contributed by atoms with E-state index >= 15 is 0 Å². The van der Waals surface area contributed by atoms with E-state index in [-0.39, 0.29) is 24.9 Å². The summed E-state index contributed by atoms with van der Waals surface area (Å²) in [6.07, 6.45) is 0.666. The van der Waals surface area contributed by atoms with Crippen LogP contribution in [0.25, 0.3) is 0 Å². The highest BCUT2D eigenvalue weighted by Crippen LogP contribution is 2.25. The lowest BCUT2D eigenvalue weighted by Gasteiger charge is -2.30. The fourth-order valence-electron chi connectivity index (χ4n) is 2.59. The van der Waals surface area contributed by atoms with Crippen molar-refractivity contribution >= 4 is 23.5 Å². The molecule has 23 heavy (non-hydrogen) atoms. The van der Waals surface area contributed by atoms with Gasteiger partial charge in [-0.05, 0) is 18.6 Å². The molecule has 1 aromatic rings. The topological polar surface area (TPSA) is 76.2 Å². The Bertz CT molecular complexity index is 616. The van der Waals surface area contributed by atoms with Crippen molar-refractivity contribution in [1.82, 2.24) is 4.90 Å². The molecule has 0 bridgehead atoms. The quantitative estimate of drug-likeness (QED) is 0.761. The van der Waals surface area contributed by atoms with Crippen LogP contribution in [0.15, 0.2) is 24.3 Å². The smallest absolute Gasteiger partial charge is 0.328 e. The molecule has 1 atom stereocenters. The maximum atomic E-state index is 12.1. The summed E-state index contributed by atoms with van der Waals surface area (Å²) < 4.78 is 9.90. The molecule has 0 radical (unpaired) electrons. The van der Waals surface area contributed by atoms with Gasteiger partial charge in [-0.3, -0.25) is 14.5 Å². The first-order valence-electron chi connectivity index (χ1n) is 7.27. The number of nitrogens with zero attached hydrogens (tertiary/aromatic N) is 2. The number of hydrogen-bond acceptors (Lipinski definition) is 5. The molecule has 1 unspecified atom stereocenters. The van der Waals surface area contributed by atoms with Gasteiger partial charge in [0, 0.05) is 25.1 Å². The van der Waals surface area contributed by atoms with Crippen LogP contribution >= 0.6 is 0 Å². The van der Waals surface area contributed by atoms with Gasteiger partial charge in [-0.1, -0.05) is 6.07 Å². The molecular weight excluding hydrogens is 300 g/mol. The molecule has 0 aromatic heterocycles. The zero-order valence-electron chi connectivity index (χ0n) is 13.4. The molecule has 2 amide bonds. The number of benzene rings is 1. The van der Waals surface area contributed by atoms with E-state index in [2.05, 4.69) is 0 Å². The fraction of sp³-hybridized carbons (Fsp3) is 0.438. The van der Waals surface area contributed by atoms with Gasteiger partial charge in [-0.15, -0.1) is 0 Å². The van der Waals surface area contributed by atoms with Crippen molar-refractivity contribution in [2.45, 2.75) is 25.8 Å². The fourth-order valence-corrected chi connectivity index (χ4v) is 2.59. The third-order valence-electron chi connectivity index (χ3n) is 3.84. The number of carbonyl (C=O) groups excluding carboxylic acids is 3. The number of ether oxygens (including phenoxy) is 2. The van der Waals surface area contributed by atoms with Crippen LogP contribution < -0.4 is 9.64 Å². The number of anilines is 1. The van der Waals surface area contributed by atoms with Crippen molar-refractivity contribution < 1.29 is 23.9 Å². The largest absolute Gasteiger partial charge is 0.497 e. The molecule has 1 fully saturated rings. The van der Waals surface area contributed by atoms with Gasteiger partial charge in [0.2, 0.25) is 11.8 Å². The van der Waals surface area contributed by atoms with E-state index < -0.39 is 12.0 Å². The molecule has 7 nitrogen and oxygen atoms in total. The molecule has 0 N–H and O–H groups in total.